The summed E-state index contributed by atoms with van der Waals surface area (Å²) in [5.74, 6) is 0.926. The lowest BCUT2D eigenvalue weighted by Crippen LogP contribution is -2.19. The molecule has 0 radical (unpaired) electrons. The number of fused-ring (bicyclic) bond motifs is 1. The van der Waals surface area contributed by atoms with Gasteiger partial charge in [0.2, 0.25) is 0 Å². The smallest absolute Gasteiger partial charge is 0.138 e. The van der Waals surface area contributed by atoms with Gasteiger partial charge in [-0.25, -0.2) is 9.97 Å². The van der Waals surface area contributed by atoms with Crippen LogP contribution in [0.2, 0.25) is 0 Å². The summed E-state index contributed by atoms with van der Waals surface area (Å²) in [5.41, 5.74) is 0. The van der Waals surface area contributed by atoms with Crippen LogP contribution in [0.3, 0.4) is 0 Å². The Labute approximate surface area is 104 Å². The van der Waals surface area contributed by atoms with Gasteiger partial charge in [-0.3, -0.25) is 0 Å². The predicted octanol–water partition coefficient (Wildman–Crippen LogP) is 2.59. The lowest BCUT2D eigenvalue weighted by Gasteiger charge is -2.11. The summed E-state index contributed by atoms with van der Waals surface area (Å²) in [6, 6.07) is 2.14. The van der Waals surface area contributed by atoms with Crippen molar-refractivity contribution in [2.75, 3.05) is 18.5 Å². The maximum absolute atomic E-state index is 5.59. The summed E-state index contributed by atoms with van der Waals surface area (Å²) in [6.07, 6.45) is 4.27. The first-order valence-electron chi connectivity index (χ1n) is 5.89. The van der Waals surface area contributed by atoms with Crippen LogP contribution in [0.5, 0.6) is 0 Å². The second kappa shape index (κ2) is 4.58. The molecule has 17 heavy (non-hydrogen) atoms. The van der Waals surface area contributed by atoms with Crippen LogP contribution in [0.15, 0.2) is 12.4 Å². The molecule has 0 spiro atoms. The molecule has 0 saturated carbocycles. The average molecular weight is 249 g/mol. The zero-order valence-electron chi connectivity index (χ0n) is 9.77. The van der Waals surface area contributed by atoms with Crippen LogP contribution >= 0.6 is 11.3 Å². The fourth-order valence-corrected chi connectivity index (χ4v) is 2.98. The molecule has 90 valence electrons. The van der Waals surface area contributed by atoms with E-state index in [1.54, 1.807) is 17.7 Å². The van der Waals surface area contributed by atoms with E-state index >= 15 is 0 Å². The van der Waals surface area contributed by atoms with Crippen molar-refractivity contribution in [3.05, 3.63) is 17.3 Å². The number of rotatable bonds is 3. The first-order chi connectivity index (χ1) is 8.33. The molecule has 5 heteroatoms. The highest BCUT2D eigenvalue weighted by Crippen LogP contribution is 2.27. The molecule has 3 heterocycles. The van der Waals surface area contributed by atoms with E-state index < -0.39 is 0 Å². The minimum Gasteiger partial charge on any atom is -0.376 e. The van der Waals surface area contributed by atoms with E-state index in [1.165, 1.54) is 11.3 Å². The van der Waals surface area contributed by atoms with Crippen molar-refractivity contribution in [1.29, 1.82) is 0 Å². The Balaban J connectivity index is 1.79. The normalized spacial score (nSPS) is 19.9. The molecule has 1 fully saturated rings. The van der Waals surface area contributed by atoms with Crippen molar-refractivity contribution < 1.29 is 4.74 Å². The van der Waals surface area contributed by atoms with Gasteiger partial charge in [-0.1, -0.05) is 0 Å². The van der Waals surface area contributed by atoms with E-state index in [1.807, 2.05) is 0 Å². The van der Waals surface area contributed by atoms with Gasteiger partial charge in [0.15, 0.2) is 0 Å². The van der Waals surface area contributed by atoms with Crippen LogP contribution < -0.4 is 5.32 Å². The monoisotopic (exact) mass is 249 g/mol. The number of anilines is 1. The SMILES string of the molecule is Cc1cc2c(NC[C@H]3CCCO3)ncnc2s1. The summed E-state index contributed by atoms with van der Waals surface area (Å²) < 4.78 is 5.59. The first-order valence-corrected chi connectivity index (χ1v) is 6.71. The van der Waals surface area contributed by atoms with Gasteiger partial charge in [-0.2, -0.15) is 0 Å². The molecule has 2 aromatic heterocycles. The van der Waals surface area contributed by atoms with Gasteiger partial charge in [-0.15, -0.1) is 11.3 Å². The maximum Gasteiger partial charge on any atom is 0.138 e. The van der Waals surface area contributed by atoms with E-state index in [9.17, 15) is 0 Å². The predicted molar refractivity (Wildman–Crippen MR) is 69.6 cm³/mol. The summed E-state index contributed by atoms with van der Waals surface area (Å²) in [5, 5.41) is 4.49. The molecule has 2 aromatic rings. The van der Waals surface area contributed by atoms with Crippen molar-refractivity contribution in [2.45, 2.75) is 25.9 Å². The Kier molecular flexibility index (Phi) is 2.94. The highest BCUT2D eigenvalue weighted by molar-refractivity contribution is 7.18. The minimum absolute atomic E-state index is 0.333. The van der Waals surface area contributed by atoms with Crippen LogP contribution in [0.4, 0.5) is 5.82 Å². The lowest BCUT2D eigenvalue weighted by atomic mass is 10.2. The van der Waals surface area contributed by atoms with Crippen molar-refractivity contribution in [3.63, 3.8) is 0 Å². The molecule has 0 unspecified atom stereocenters. The van der Waals surface area contributed by atoms with Gasteiger partial charge in [0.25, 0.3) is 0 Å². The molecule has 0 aliphatic carbocycles. The number of nitrogens with one attached hydrogen (secondary N) is 1. The molecule has 0 aromatic carbocycles. The number of aromatic nitrogens is 2. The van der Waals surface area contributed by atoms with Gasteiger partial charge in [0.05, 0.1) is 11.5 Å². The summed E-state index contributed by atoms with van der Waals surface area (Å²) in [7, 11) is 0. The second-order valence-corrected chi connectivity index (χ2v) is 5.55. The highest BCUT2D eigenvalue weighted by Gasteiger charge is 2.16. The molecule has 1 saturated heterocycles. The number of ether oxygens (including phenoxy) is 1. The molecule has 1 aliphatic heterocycles. The Morgan fingerprint density at radius 1 is 1.53 bits per heavy atom. The largest absolute Gasteiger partial charge is 0.376 e. The summed E-state index contributed by atoms with van der Waals surface area (Å²) >= 11 is 1.70. The summed E-state index contributed by atoms with van der Waals surface area (Å²) in [4.78, 5) is 10.9. The average Bonchev–Trinajstić information content (AvgIpc) is 2.93. The van der Waals surface area contributed by atoms with Crippen LogP contribution in [0.25, 0.3) is 10.2 Å². The topological polar surface area (TPSA) is 47.0 Å². The highest BCUT2D eigenvalue weighted by atomic mass is 32.1. The molecule has 1 N–H and O–H groups in total. The van der Waals surface area contributed by atoms with Gasteiger partial charge in [0.1, 0.15) is 17.0 Å². The second-order valence-electron chi connectivity index (χ2n) is 4.31. The third-order valence-corrected chi connectivity index (χ3v) is 3.93. The standard InChI is InChI=1S/C12H15N3OS/c1-8-5-10-11(14-7-15-12(10)17-8)13-6-9-3-2-4-16-9/h5,7,9H,2-4,6H2,1H3,(H,13,14,15)/t9-/m1/s1. The van der Waals surface area contributed by atoms with E-state index in [-0.39, 0.29) is 0 Å². The van der Waals surface area contributed by atoms with Crippen molar-refractivity contribution >= 4 is 27.4 Å². The molecule has 1 atom stereocenters. The minimum atomic E-state index is 0.333. The molecule has 3 rings (SSSR count). The Hall–Kier alpha value is -1.20. The Bertz CT molecular complexity index is 519. The fourth-order valence-electron chi connectivity index (χ4n) is 2.13. The molecular formula is C12H15N3OS. The number of nitrogens with zero attached hydrogens (tertiary/aromatic N) is 2. The van der Waals surface area contributed by atoms with Gasteiger partial charge < -0.3 is 10.1 Å². The maximum atomic E-state index is 5.59. The van der Waals surface area contributed by atoms with Crippen molar-refractivity contribution in [3.8, 4) is 0 Å². The summed E-state index contributed by atoms with van der Waals surface area (Å²) in [6.45, 7) is 3.82. The zero-order chi connectivity index (χ0) is 11.7. The quantitative estimate of drug-likeness (QED) is 0.908. The van der Waals surface area contributed by atoms with E-state index in [2.05, 4.69) is 28.3 Å². The van der Waals surface area contributed by atoms with Gasteiger partial charge in [-0.05, 0) is 25.8 Å². The van der Waals surface area contributed by atoms with Crippen LogP contribution in [0.1, 0.15) is 17.7 Å². The zero-order valence-corrected chi connectivity index (χ0v) is 10.6. The van der Waals surface area contributed by atoms with Crippen LogP contribution in [-0.2, 0) is 4.74 Å². The van der Waals surface area contributed by atoms with E-state index in [4.69, 9.17) is 4.74 Å². The van der Waals surface area contributed by atoms with E-state index in [0.717, 1.165) is 35.6 Å². The van der Waals surface area contributed by atoms with Gasteiger partial charge in [0, 0.05) is 18.0 Å². The molecule has 1 aliphatic rings. The number of thiophene rings is 1. The molecule has 0 amide bonds. The van der Waals surface area contributed by atoms with E-state index in [0.29, 0.717) is 6.10 Å². The number of hydrogen-bond donors (Lipinski definition) is 1. The third-order valence-electron chi connectivity index (χ3n) is 2.97. The van der Waals surface area contributed by atoms with Crippen molar-refractivity contribution in [2.24, 2.45) is 0 Å². The number of aryl methyl sites for hydroxylation is 1. The molecular weight excluding hydrogens is 234 g/mol. The molecule has 0 bridgehead atoms. The van der Waals surface area contributed by atoms with Gasteiger partial charge >= 0.3 is 0 Å². The van der Waals surface area contributed by atoms with Crippen LogP contribution in [-0.4, -0.2) is 29.2 Å². The number of hydrogen-bond acceptors (Lipinski definition) is 5. The lowest BCUT2D eigenvalue weighted by molar-refractivity contribution is 0.120. The molecule has 4 nitrogen and oxygen atoms in total. The third kappa shape index (κ3) is 2.25. The fraction of sp³-hybridized carbons (Fsp3) is 0.500. The van der Waals surface area contributed by atoms with Crippen LogP contribution in [0, 0.1) is 6.92 Å². The Morgan fingerprint density at radius 3 is 3.29 bits per heavy atom. The Morgan fingerprint density at radius 2 is 2.47 bits per heavy atom. The first kappa shape index (κ1) is 10.9. The van der Waals surface area contributed by atoms with Crippen molar-refractivity contribution in [1.82, 2.24) is 9.97 Å².